The summed E-state index contributed by atoms with van der Waals surface area (Å²) < 4.78 is 11.2. The average Bonchev–Trinajstić information content (AvgIpc) is 3.46. The Hall–Kier alpha value is -2.58. The fraction of sp³-hybridized carbons (Fsp3) is 0.500. The highest BCUT2D eigenvalue weighted by Gasteiger charge is 2.39. The summed E-state index contributed by atoms with van der Waals surface area (Å²) in [6.07, 6.45) is 5.08. The zero-order chi connectivity index (χ0) is 18.9. The highest BCUT2D eigenvalue weighted by Crippen LogP contribution is 2.28. The summed E-state index contributed by atoms with van der Waals surface area (Å²) in [5.74, 6) is 2.00. The maximum Gasteiger partial charge on any atom is 0.251 e. The second-order valence-corrected chi connectivity index (χ2v) is 7.66. The molecule has 0 spiro atoms. The predicted molar refractivity (Wildman–Crippen MR) is 104 cm³/mol. The lowest BCUT2D eigenvalue weighted by Gasteiger charge is -2.26. The van der Waals surface area contributed by atoms with Crippen molar-refractivity contribution in [2.24, 2.45) is 0 Å². The van der Waals surface area contributed by atoms with Gasteiger partial charge >= 0.3 is 0 Å². The maximum atomic E-state index is 12.5. The minimum atomic E-state index is -0.0259. The molecule has 3 atom stereocenters. The standard InChI is InChI=1S/C20H25N5O3/c26-19(23-17-11-14-3-6-16(17)22-14)13-1-4-15(5-2-13)28-18-12-21-20(24-18)25-7-9-27-10-8-25/h1-2,4-5,12,14,16-17,22H,3,6-11H2,(H,21,24)(H,23,26)/t14-,16+,17-/m1/s1. The molecule has 8 nitrogen and oxygen atoms in total. The summed E-state index contributed by atoms with van der Waals surface area (Å²) in [7, 11) is 0. The van der Waals surface area contributed by atoms with Crippen LogP contribution in [0, 0.1) is 0 Å². The van der Waals surface area contributed by atoms with Crippen LogP contribution in [0.15, 0.2) is 30.5 Å². The van der Waals surface area contributed by atoms with Gasteiger partial charge in [0.25, 0.3) is 5.91 Å². The molecule has 3 saturated heterocycles. The molecule has 2 bridgehead atoms. The molecule has 148 valence electrons. The van der Waals surface area contributed by atoms with Crippen LogP contribution >= 0.6 is 0 Å². The molecular weight excluding hydrogens is 358 g/mol. The SMILES string of the molecule is O=C(N[C@@H]1C[C@H]2CC[C@@H]1N2)c1ccc(Oc2cnc(N3CCOCC3)[nH]2)cc1. The van der Waals surface area contributed by atoms with Gasteiger partial charge in [0, 0.05) is 36.8 Å². The van der Waals surface area contributed by atoms with Crippen molar-refractivity contribution >= 4 is 11.9 Å². The van der Waals surface area contributed by atoms with Crippen LogP contribution in [0.5, 0.6) is 11.6 Å². The number of hydrogen-bond donors (Lipinski definition) is 3. The van der Waals surface area contributed by atoms with Gasteiger partial charge in [-0.3, -0.25) is 9.78 Å². The number of ether oxygens (including phenoxy) is 2. The van der Waals surface area contributed by atoms with E-state index < -0.39 is 0 Å². The van der Waals surface area contributed by atoms with Crippen molar-refractivity contribution in [3.63, 3.8) is 0 Å². The van der Waals surface area contributed by atoms with Crippen LogP contribution in [0.25, 0.3) is 0 Å². The van der Waals surface area contributed by atoms with Crippen LogP contribution in [0.3, 0.4) is 0 Å². The number of benzene rings is 1. The molecule has 3 N–H and O–H groups in total. The van der Waals surface area contributed by atoms with Gasteiger partial charge in [-0.15, -0.1) is 0 Å². The van der Waals surface area contributed by atoms with Gasteiger partial charge < -0.3 is 25.0 Å². The third-order valence-electron chi connectivity index (χ3n) is 5.81. The number of nitrogens with zero attached hydrogens (tertiary/aromatic N) is 2. The molecule has 0 unspecified atom stereocenters. The summed E-state index contributed by atoms with van der Waals surface area (Å²) in [4.78, 5) is 22.2. The van der Waals surface area contributed by atoms with Crippen molar-refractivity contribution < 1.29 is 14.3 Å². The minimum Gasteiger partial charge on any atom is -0.439 e. The Bertz CT molecular complexity index is 831. The van der Waals surface area contributed by atoms with Crippen molar-refractivity contribution in [3.8, 4) is 11.6 Å². The summed E-state index contributed by atoms with van der Waals surface area (Å²) in [6.45, 7) is 3.04. The molecule has 3 aliphatic heterocycles. The Labute approximate surface area is 163 Å². The molecule has 0 radical (unpaired) electrons. The van der Waals surface area contributed by atoms with Crippen molar-refractivity contribution in [2.45, 2.75) is 37.4 Å². The summed E-state index contributed by atoms with van der Waals surface area (Å²) >= 11 is 0. The number of H-pyrrole nitrogens is 1. The Balaban J connectivity index is 1.18. The molecule has 3 fully saturated rings. The molecule has 0 aliphatic carbocycles. The molecular formula is C20H25N5O3. The van der Waals surface area contributed by atoms with Crippen LogP contribution in [0.2, 0.25) is 0 Å². The second-order valence-electron chi connectivity index (χ2n) is 7.66. The van der Waals surface area contributed by atoms with Crippen LogP contribution < -0.4 is 20.3 Å². The zero-order valence-electron chi connectivity index (χ0n) is 15.7. The van der Waals surface area contributed by atoms with E-state index in [0.717, 1.165) is 31.9 Å². The van der Waals surface area contributed by atoms with Crippen molar-refractivity contribution in [3.05, 3.63) is 36.0 Å². The summed E-state index contributed by atoms with van der Waals surface area (Å²) in [5, 5.41) is 6.70. The third kappa shape index (κ3) is 3.57. The topological polar surface area (TPSA) is 91.5 Å². The van der Waals surface area contributed by atoms with Crippen LogP contribution in [-0.2, 0) is 4.74 Å². The van der Waals surface area contributed by atoms with Gasteiger partial charge in [-0.2, -0.15) is 0 Å². The Morgan fingerprint density at radius 2 is 2.04 bits per heavy atom. The number of carbonyl (C=O) groups excluding carboxylic acids is 1. The molecule has 28 heavy (non-hydrogen) atoms. The van der Waals surface area contributed by atoms with E-state index in [1.54, 1.807) is 18.3 Å². The van der Waals surface area contributed by atoms with E-state index >= 15 is 0 Å². The Morgan fingerprint density at radius 3 is 2.75 bits per heavy atom. The molecule has 0 saturated carbocycles. The van der Waals surface area contributed by atoms with Gasteiger partial charge in [-0.25, -0.2) is 4.98 Å². The molecule has 2 aromatic rings. The van der Waals surface area contributed by atoms with E-state index in [1.165, 1.54) is 6.42 Å². The smallest absolute Gasteiger partial charge is 0.251 e. The fourth-order valence-electron chi connectivity index (χ4n) is 4.32. The Kier molecular flexibility index (Phi) is 4.66. The minimum absolute atomic E-state index is 0.0259. The number of fused-ring (bicyclic) bond motifs is 2. The van der Waals surface area contributed by atoms with E-state index in [2.05, 4.69) is 25.5 Å². The van der Waals surface area contributed by atoms with Gasteiger partial charge in [-0.05, 0) is 43.5 Å². The molecule has 3 aliphatic rings. The first kappa shape index (κ1) is 17.5. The number of hydrogen-bond acceptors (Lipinski definition) is 6. The van der Waals surface area contributed by atoms with E-state index in [9.17, 15) is 4.79 Å². The third-order valence-corrected chi connectivity index (χ3v) is 5.81. The van der Waals surface area contributed by atoms with E-state index in [-0.39, 0.29) is 11.9 Å². The number of anilines is 1. The highest BCUT2D eigenvalue weighted by atomic mass is 16.5. The maximum absolute atomic E-state index is 12.5. The first-order chi connectivity index (χ1) is 13.7. The molecule has 1 aromatic heterocycles. The van der Waals surface area contributed by atoms with E-state index in [4.69, 9.17) is 9.47 Å². The van der Waals surface area contributed by atoms with Crippen LogP contribution in [0.4, 0.5) is 5.95 Å². The molecule has 4 heterocycles. The quantitative estimate of drug-likeness (QED) is 0.727. The molecule has 1 aromatic carbocycles. The summed E-state index contributed by atoms with van der Waals surface area (Å²) in [6, 6.07) is 8.45. The molecule has 8 heteroatoms. The number of imidazole rings is 1. The van der Waals surface area contributed by atoms with E-state index in [0.29, 0.717) is 42.5 Å². The van der Waals surface area contributed by atoms with Crippen LogP contribution in [0.1, 0.15) is 29.6 Å². The molecule has 1 amide bonds. The number of nitrogens with one attached hydrogen (secondary N) is 3. The number of aromatic nitrogens is 2. The fourth-order valence-corrected chi connectivity index (χ4v) is 4.32. The predicted octanol–water partition coefficient (Wildman–Crippen LogP) is 1.66. The lowest BCUT2D eigenvalue weighted by Crippen LogP contribution is -2.42. The second kappa shape index (κ2) is 7.44. The van der Waals surface area contributed by atoms with Gasteiger partial charge in [-0.1, -0.05) is 0 Å². The first-order valence-electron chi connectivity index (χ1n) is 9.97. The Morgan fingerprint density at radius 1 is 1.21 bits per heavy atom. The van der Waals surface area contributed by atoms with Crippen molar-refractivity contribution in [2.75, 3.05) is 31.2 Å². The average molecular weight is 383 g/mol. The number of amides is 1. The number of morpholine rings is 1. The lowest BCUT2D eigenvalue weighted by atomic mass is 9.95. The van der Waals surface area contributed by atoms with Crippen molar-refractivity contribution in [1.29, 1.82) is 0 Å². The number of rotatable bonds is 5. The largest absolute Gasteiger partial charge is 0.439 e. The van der Waals surface area contributed by atoms with E-state index in [1.807, 2.05) is 12.1 Å². The van der Waals surface area contributed by atoms with Crippen LogP contribution in [-0.4, -0.2) is 60.3 Å². The highest BCUT2D eigenvalue weighted by molar-refractivity contribution is 5.94. The number of carbonyl (C=O) groups is 1. The summed E-state index contributed by atoms with van der Waals surface area (Å²) in [5.41, 5.74) is 0.647. The van der Waals surface area contributed by atoms with Gasteiger partial charge in [0.2, 0.25) is 11.8 Å². The van der Waals surface area contributed by atoms with Gasteiger partial charge in [0.1, 0.15) is 5.75 Å². The molecule has 5 rings (SSSR count). The first-order valence-corrected chi connectivity index (χ1v) is 9.97. The van der Waals surface area contributed by atoms with Gasteiger partial charge in [0.15, 0.2) is 0 Å². The monoisotopic (exact) mass is 383 g/mol. The normalized spacial score (nSPS) is 26.4. The van der Waals surface area contributed by atoms with Gasteiger partial charge in [0.05, 0.1) is 19.4 Å². The number of aromatic amines is 1. The zero-order valence-corrected chi connectivity index (χ0v) is 15.7. The lowest BCUT2D eigenvalue weighted by molar-refractivity contribution is 0.0931. The van der Waals surface area contributed by atoms with Crippen molar-refractivity contribution in [1.82, 2.24) is 20.6 Å².